The van der Waals surface area contributed by atoms with Crippen molar-refractivity contribution in [1.82, 2.24) is 9.80 Å². The summed E-state index contributed by atoms with van der Waals surface area (Å²) in [7, 11) is 4.29. The van der Waals surface area contributed by atoms with Gasteiger partial charge < -0.3 is 10.0 Å². The predicted molar refractivity (Wildman–Crippen MR) is 52.7 cm³/mol. The van der Waals surface area contributed by atoms with Crippen LogP contribution in [0.15, 0.2) is 0 Å². The zero-order valence-electron chi connectivity index (χ0n) is 8.66. The molecule has 1 aliphatic carbocycles. The number of rotatable bonds is 3. The number of hydrogen-bond acceptors (Lipinski definition) is 3. The van der Waals surface area contributed by atoms with Crippen molar-refractivity contribution in [2.24, 2.45) is 0 Å². The molecule has 1 saturated carbocycles. The Morgan fingerprint density at radius 1 is 1.46 bits per heavy atom. The van der Waals surface area contributed by atoms with E-state index in [0.29, 0.717) is 12.6 Å². The summed E-state index contributed by atoms with van der Waals surface area (Å²) >= 11 is 0. The van der Waals surface area contributed by atoms with Crippen molar-refractivity contribution in [2.75, 3.05) is 33.8 Å². The lowest BCUT2D eigenvalue weighted by Crippen LogP contribution is -2.40. The number of aliphatic hydroxyl groups is 1. The molecule has 0 bridgehead atoms. The average molecular weight is 184 g/mol. The summed E-state index contributed by atoms with van der Waals surface area (Å²) in [6.07, 6.45) is 3.65. The van der Waals surface area contributed by atoms with E-state index in [2.05, 4.69) is 23.9 Å². The van der Waals surface area contributed by atoms with E-state index in [4.69, 9.17) is 0 Å². The fourth-order valence-corrected chi connectivity index (χ4v) is 2.31. The minimum atomic E-state index is 0.199. The minimum Gasteiger partial charge on any atom is -0.394 e. The Labute approximate surface area is 80.3 Å². The number of likely N-dealkylation sites (tertiary alicyclic amines) is 1. The lowest BCUT2D eigenvalue weighted by Gasteiger charge is -2.26. The van der Waals surface area contributed by atoms with Gasteiger partial charge in [0.15, 0.2) is 0 Å². The van der Waals surface area contributed by atoms with Crippen LogP contribution >= 0.6 is 0 Å². The highest BCUT2D eigenvalue weighted by molar-refractivity contribution is 5.06. The van der Waals surface area contributed by atoms with Gasteiger partial charge in [-0.15, -0.1) is 0 Å². The SMILES string of the molecule is CN(C)C1CCN(C2(CO)CC2)C1. The van der Waals surface area contributed by atoms with Crippen molar-refractivity contribution in [3.63, 3.8) is 0 Å². The largest absolute Gasteiger partial charge is 0.394 e. The third-order valence-corrected chi connectivity index (χ3v) is 3.69. The van der Waals surface area contributed by atoms with Crippen molar-refractivity contribution >= 4 is 0 Å². The maximum atomic E-state index is 9.29. The molecule has 2 aliphatic rings. The molecule has 3 nitrogen and oxygen atoms in total. The van der Waals surface area contributed by atoms with Gasteiger partial charge >= 0.3 is 0 Å². The van der Waals surface area contributed by atoms with Crippen molar-refractivity contribution in [3.8, 4) is 0 Å². The van der Waals surface area contributed by atoms with Gasteiger partial charge in [-0.3, -0.25) is 4.90 Å². The molecule has 3 heteroatoms. The van der Waals surface area contributed by atoms with E-state index in [9.17, 15) is 5.11 Å². The molecule has 0 aromatic rings. The van der Waals surface area contributed by atoms with Gasteiger partial charge in [-0.25, -0.2) is 0 Å². The molecule has 1 N–H and O–H groups in total. The van der Waals surface area contributed by atoms with Crippen LogP contribution in [0, 0.1) is 0 Å². The van der Waals surface area contributed by atoms with Gasteiger partial charge in [0, 0.05) is 24.7 Å². The van der Waals surface area contributed by atoms with Gasteiger partial charge in [-0.05, 0) is 33.4 Å². The quantitative estimate of drug-likeness (QED) is 0.676. The van der Waals surface area contributed by atoms with Crippen LogP contribution in [-0.2, 0) is 0 Å². The molecule has 0 aromatic heterocycles. The third kappa shape index (κ3) is 1.60. The standard InChI is InChI=1S/C10H20N2O/c1-11(2)9-3-6-12(7-9)10(8-13)4-5-10/h9,13H,3-8H2,1-2H3. The summed E-state index contributed by atoms with van der Waals surface area (Å²) in [6, 6.07) is 0.698. The lowest BCUT2D eigenvalue weighted by molar-refractivity contribution is 0.120. The summed E-state index contributed by atoms with van der Waals surface area (Å²) in [5.41, 5.74) is 0.199. The highest BCUT2D eigenvalue weighted by Gasteiger charge is 2.49. The normalized spacial score (nSPS) is 32.8. The Bertz CT molecular complexity index is 189. The Morgan fingerprint density at radius 3 is 2.54 bits per heavy atom. The van der Waals surface area contributed by atoms with Crippen LogP contribution in [0.4, 0.5) is 0 Å². The molecule has 1 saturated heterocycles. The number of nitrogens with zero attached hydrogens (tertiary/aromatic N) is 2. The number of hydrogen-bond donors (Lipinski definition) is 1. The van der Waals surface area contributed by atoms with Crippen molar-refractivity contribution in [2.45, 2.75) is 30.8 Å². The Kier molecular flexibility index (Phi) is 2.34. The maximum absolute atomic E-state index is 9.29. The van der Waals surface area contributed by atoms with Crippen LogP contribution in [0.2, 0.25) is 0 Å². The number of aliphatic hydroxyl groups excluding tert-OH is 1. The smallest absolute Gasteiger partial charge is 0.0615 e. The summed E-state index contributed by atoms with van der Waals surface area (Å²) in [6.45, 7) is 2.67. The van der Waals surface area contributed by atoms with Crippen LogP contribution in [0.3, 0.4) is 0 Å². The summed E-state index contributed by atoms with van der Waals surface area (Å²) in [5.74, 6) is 0. The zero-order valence-corrected chi connectivity index (χ0v) is 8.66. The molecule has 2 rings (SSSR count). The van der Waals surface area contributed by atoms with Gasteiger partial charge in [-0.2, -0.15) is 0 Å². The lowest BCUT2D eigenvalue weighted by atomic mass is 10.2. The summed E-state index contributed by atoms with van der Waals surface area (Å²) in [4.78, 5) is 4.78. The Hall–Kier alpha value is -0.120. The van der Waals surface area contributed by atoms with Crippen molar-refractivity contribution in [3.05, 3.63) is 0 Å². The van der Waals surface area contributed by atoms with Gasteiger partial charge in [0.2, 0.25) is 0 Å². The van der Waals surface area contributed by atoms with Crippen LogP contribution in [-0.4, -0.2) is 60.3 Å². The van der Waals surface area contributed by atoms with Gasteiger partial charge in [0.25, 0.3) is 0 Å². The highest BCUT2D eigenvalue weighted by atomic mass is 16.3. The third-order valence-electron chi connectivity index (χ3n) is 3.69. The molecule has 1 heterocycles. The fourth-order valence-electron chi connectivity index (χ4n) is 2.31. The highest BCUT2D eigenvalue weighted by Crippen LogP contribution is 2.43. The minimum absolute atomic E-state index is 0.199. The van der Waals surface area contributed by atoms with Crippen LogP contribution in [0.5, 0.6) is 0 Å². The summed E-state index contributed by atoms with van der Waals surface area (Å²) in [5, 5.41) is 9.29. The number of likely N-dealkylation sites (N-methyl/N-ethyl adjacent to an activating group) is 1. The molecule has 0 radical (unpaired) electrons. The first-order valence-electron chi connectivity index (χ1n) is 5.20. The molecule has 13 heavy (non-hydrogen) atoms. The van der Waals surface area contributed by atoms with E-state index in [1.54, 1.807) is 0 Å². The molecule has 0 amide bonds. The molecule has 2 fully saturated rings. The second-order valence-electron chi connectivity index (χ2n) is 4.73. The Morgan fingerprint density at radius 2 is 2.15 bits per heavy atom. The molecule has 0 aromatic carbocycles. The van der Waals surface area contributed by atoms with Gasteiger partial charge in [0.1, 0.15) is 0 Å². The van der Waals surface area contributed by atoms with Crippen LogP contribution in [0.1, 0.15) is 19.3 Å². The van der Waals surface area contributed by atoms with E-state index < -0.39 is 0 Å². The van der Waals surface area contributed by atoms with E-state index in [1.165, 1.54) is 25.8 Å². The molecule has 1 aliphatic heterocycles. The molecule has 1 unspecified atom stereocenters. The molecule has 0 spiro atoms. The first-order chi connectivity index (χ1) is 6.18. The van der Waals surface area contributed by atoms with E-state index in [0.717, 1.165) is 6.54 Å². The molecule has 76 valence electrons. The molecule has 1 atom stereocenters. The first kappa shape index (κ1) is 9.44. The topological polar surface area (TPSA) is 26.7 Å². The summed E-state index contributed by atoms with van der Waals surface area (Å²) < 4.78 is 0. The second-order valence-corrected chi connectivity index (χ2v) is 4.73. The predicted octanol–water partition coefficient (Wildman–Crippen LogP) is 0.147. The van der Waals surface area contributed by atoms with Crippen molar-refractivity contribution < 1.29 is 5.11 Å². The molecular formula is C10H20N2O. The Balaban J connectivity index is 1.91. The van der Waals surface area contributed by atoms with E-state index in [1.807, 2.05) is 0 Å². The fraction of sp³-hybridized carbons (Fsp3) is 1.00. The van der Waals surface area contributed by atoms with Crippen LogP contribution < -0.4 is 0 Å². The maximum Gasteiger partial charge on any atom is 0.0615 e. The van der Waals surface area contributed by atoms with E-state index >= 15 is 0 Å². The first-order valence-corrected chi connectivity index (χ1v) is 5.20. The zero-order chi connectivity index (χ0) is 9.47. The average Bonchev–Trinajstić information content (AvgIpc) is 2.75. The van der Waals surface area contributed by atoms with E-state index in [-0.39, 0.29) is 5.54 Å². The second kappa shape index (κ2) is 3.23. The van der Waals surface area contributed by atoms with Crippen molar-refractivity contribution in [1.29, 1.82) is 0 Å². The van der Waals surface area contributed by atoms with Gasteiger partial charge in [0.05, 0.1) is 6.61 Å². The van der Waals surface area contributed by atoms with Crippen LogP contribution in [0.25, 0.3) is 0 Å². The molecular weight excluding hydrogens is 164 g/mol. The monoisotopic (exact) mass is 184 g/mol. The van der Waals surface area contributed by atoms with Gasteiger partial charge in [-0.1, -0.05) is 0 Å².